The van der Waals surface area contributed by atoms with Crippen molar-refractivity contribution in [1.82, 2.24) is 19.9 Å². The lowest BCUT2D eigenvalue weighted by Crippen LogP contribution is -2.57. The average Bonchev–Trinajstić information content (AvgIpc) is 3.02. The fourth-order valence-electron chi connectivity index (χ4n) is 2.80. The number of hydrogen-bond acceptors (Lipinski definition) is 5. The summed E-state index contributed by atoms with van der Waals surface area (Å²) in [5.41, 5.74) is 0. The Hall–Kier alpha value is -2.57. The first kappa shape index (κ1) is 13.1. The van der Waals surface area contributed by atoms with Gasteiger partial charge in [-0.2, -0.15) is 0 Å². The van der Waals surface area contributed by atoms with Gasteiger partial charge in [-0.3, -0.25) is 9.48 Å². The van der Waals surface area contributed by atoms with Crippen molar-refractivity contribution in [3.05, 3.63) is 36.7 Å². The normalized spacial score (nSPS) is 20.5. The van der Waals surface area contributed by atoms with Crippen LogP contribution in [0.2, 0.25) is 0 Å². The maximum absolute atomic E-state index is 12.4. The number of fused-ring (bicyclic) bond motifs is 1. The first-order valence-electron chi connectivity index (χ1n) is 7.31. The van der Waals surface area contributed by atoms with Crippen molar-refractivity contribution in [3.8, 4) is 11.5 Å². The van der Waals surface area contributed by atoms with E-state index in [-0.39, 0.29) is 12.5 Å². The number of aromatic nitrogens is 3. The molecule has 2 aliphatic heterocycles. The van der Waals surface area contributed by atoms with Crippen LogP contribution >= 0.6 is 0 Å². The van der Waals surface area contributed by atoms with Gasteiger partial charge in [0.05, 0.1) is 6.20 Å². The number of likely N-dealkylation sites (tertiary alicyclic amines) is 1. The SMILES string of the molecule is O=C(C1COc2ccccc2O1)N1CC(Cn2ccnn2)C1. The van der Waals surface area contributed by atoms with E-state index in [2.05, 4.69) is 10.3 Å². The van der Waals surface area contributed by atoms with Crippen LogP contribution in [0.15, 0.2) is 36.7 Å². The van der Waals surface area contributed by atoms with Crippen molar-refractivity contribution in [2.45, 2.75) is 12.6 Å². The molecule has 3 heterocycles. The van der Waals surface area contributed by atoms with Gasteiger partial charge in [0.15, 0.2) is 11.5 Å². The lowest BCUT2D eigenvalue weighted by molar-refractivity contribution is -0.148. The van der Waals surface area contributed by atoms with E-state index in [0.717, 1.165) is 19.6 Å². The molecular weight excluding hydrogens is 284 g/mol. The molecule has 1 aromatic heterocycles. The van der Waals surface area contributed by atoms with Crippen LogP contribution in [-0.4, -0.2) is 51.6 Å². The number of para-hydroxylation sites is 2. The Labute approximate surface area is 127 Å². The summed E-state index contributed by atoms with van der Waals surface area (Å²) in [5.74, 6) is 1.73. The Morgan fingerprint density at radius 3 is 2.86 bits per heavy atom. The van der Waals surface area contributed by atoms with Crippen molar-refractivity contribution in [1.29, 1.82) is 0 Å². The number of ether oxygens (including phenoxy) is 2. The number of benzene rings is 1. The van der Waals surface area contributed by atoms with E-state index in [1.165, 1.54) is 0 Å². The van der Waals surface area contributed by atoms with Crippen LogP contribution in [0.25, 0.3) is 0 Å². The van der Waals surface area contributed by atoms with Gasteiger partial charge in [0.2, 0.25) is 6.10 Å². The number of carbonyl (C=O) groups is 1. The molecule has 0 aliphatic carbocycles. The third kappa shape index (κ3) is 2.38. The van der Waals surface area contributed by atoms with Gasteiger partial charge < -0.3 is 14.4 Å². The van der Waals surface area contributed by atoms with E-state index in [1.54, 1.807) is 10.9 Å². The minimum Gasteiger partial charge on any atom is -0.485 e. The predicted octanol–water partition coefficient (Wildman–Crippen LogP) is 0.577. The second kappa shape index (κ2) is 5.32. The molecule has 7 nitrogen and oxygen atoms in total. The lowest BCUT2D eigenvalue weighted by Gasteiger charge is -2.41. The Morgan fingerprint density at radius 2 is 2.09 bits per heavy atom. The Balaban J connectivity index is 1.33. The van der Waals surface area contributed by atoms with Gasteiger partial charge in [-0.1, -0.05) is 17.3 Å². The number of rotatable bonds is 3. The van der Waals surface area contributed by atoms with Crippen LogP contribution in [0.5, 0.6) is 11.5 Å². The van der Waals surface area contributed by atoms with E-state index in [4.69, 9.17) is 9.47 Å². The molecule has 0 saturated carbocycles. The fraction of sp³-hybridized carbons (Fsp3) is 0.400. The van der Waals surface area contributed by atoms with Crippen molar-refractivity contribution in [3.63, 3.8) is 0 Å². The highest BCUT2D eigenvalue weighted by molar-refractivity contribution is 5.82. The summed E-state index contributed by atoms with van der Waals surface area (Å²) in [6, 6.07) is 7.41. The monoisotopic (exact) mass is 300 g/mol. The quantitative estimate of drug-likeness (QED) is 0.829. The summed E-state index contributed by atoms with van der Waals surface area (Å²) < 4.78 is 13.1. The topological polar surface area (TPSA) is 69.5 Å². The predicted molar refractivity (Wildman–Crippen MR) is 76.4 cm³/mol. The summed E-state index contributed by atoms with van der Waals surface area (Å²) >= 11 is 0. The van der Waals surface area contributed by atoms with Crippen LogP contribution in [0, 0.1) is 5.92 Å². The molecule has 22 heavy (non-hydrogen) atoms. The standard InChI is InChI=1S/C15H16N4O3/c20-15(14-10-21-12-3-1-2-4-13(12)22-14)18-7-11(8-18)9-19-6-5-16-17-19/h1-6,11,14H,7-10H2. The maximum atomic E-state index is 12.4. The summed E-state index contributed by atoms with van der Waals surface area (Å²) in [4.78, 5) is 14.2. The molecule has 1 aromatic carbocycles. The second-order valence-corrected chi connectivity index (χ2v) is 5.60. The van der Waals surface area contributed by atoms with Gasteiger partial charge in [0.25, 0.3) is 5.91 Å². The Morgan fingerprint density at radius 1 is 1.27 bits per heavy atom. The first-order valence-corrected chi connectivity index (χ1v) is 7.31. The molecule has 4 rings (SSSR count). The van der Waals surface area contributed by atoms with E-state index in [0.29, 0.717) is 17.4 Å². The third-order valence-electron chi connectivity index (χ3n) is 3.97. The summed E-state index contributed by atoms with van der Waals surface area (Å²) in [6.07, 6.45) is 2.94. The highest BCUT2D eigenvalue weighted by atomic mass is 16.6. The molecule has 1 saturated heterocycles. The number of carbonyl (C=O) groups excluding carboxylic acids is 1. The maximum Gasteiger partial charge on any atom is 0.267 e. The largest absolute Gasteiger partial charge is 0.485 e. The number of hydrogen-bond donors (Lipinski definition) is 0. The van der Waals surface area contributed by atoms with Crippen LogP contribution in [0.3, 0.4) is 0 Å². The van der Waals surface area contributed by atoms with Gasteiger partial charge in [-0.15, -0.1) is 5.10 Å². The molecule has 0 radical (unpaired) electrons. The zero-order valence-electron chi connectivity index (χ0n) is 12.0. The molecule has 0 spiro atoms. The van der Waals surface area contributed by atoms with Gasteiger partial charge >= 0.3 is 0 Å². The summed E-state index contributed by atoms with van der Waals surface area (Å²) in [6.45, 7) is 2.50. The first-order chi connectivity index (χ1) is 10.8. The van der Waals surface area contributed by atoms with E-state index in [1.807, 2.05) is 35.4 Å². The molecule has 1 amide bonds. The van der Waals surface area contributed by atoms with Crippen molar-refractivity contribution in [2.24, 2.45) is 5.92 Å². The molecule has 0 N–H and O–H groups in total. The van der Waals surface area contributed by atoms with Gasteiger partial charge in [0.1, 0.15) is 6.61 Å². The highest BCUT2D eigenvalue weighted by Crippen LogP contribution is 2.32. The molecule has 1 fully saturated rings. The van der Waals surface area contributed by atoms with Gasteiger partial charge in [-0.25, -0.2) is 0 Å². The highest BCUT2D eigenvalue weighted by Gasteiger charge is 2.37. The lowest BCUT2D eigenvalue weighted by atomic mass is 9.99. The average molecular weight is 300 g/mol. The molecule has 1 unspecified atom stereocenters. The molecular formula is C15H16N4O3. The van der Waals surface area contributed by atoms with Crippen LogP contribution in [-0.2, 0) is 11.3 Å². The molecule has 2 aliphatic rings. The van der Waals surface area contributed by atoms with Crippen LogP contribution in [0.4, 0.5) is 0 Å². The molecule has 0 bridgehead atoms. The Bertz CT molecular complexity index is 667. The van der Waals surface area contributed by atoms with E-state index >= 15 is 0 Å². The van der Waals surface area contributed by atoms with E-state index in [9.17, 15) is 4.79 Å². The summed E-state index contributed by atoms with van der Waals surface area (Å²) in [5, 5.41) is 7.72. The van der Waals surface area contributed by atoms with Crippen LogP contribution < -0.4 is 9.47 Å². The minimum absolute atomic E-state index is 0.00987. The molecule has 1 atom stereocenters. The Kier molecular flexibility index (Phi) is 3.17. The van der Waals surface area contributed by atoms with Gasteiger partial charge in [0, 0.05) is 31.7 Å². The minimum atomic E-state index is -0.553. The molecule has 2 aromatic rings. The molecule has 114 valence electrons. The second-order valence-electron chi connectivity index (χ2n) is 5.60. The van der Waals surface area contributed by atoms with E-state index < -0.39 is 6.10 Å². The van der Waals surface area contributed by atoms with Crippen molar-refractivity contribution >= 4 is 5.91 Å². The third-order valence-corrected chi connectivity index (χ3v) is 3.97. The summed E-state index contributed by atoms with van der Waals surface area (Å²) in [7, 11) is 0. The molecule has 7 heteroatoms. The zero-order valence-corrected chi connectivity index (χ0v) is 12.0. The van der Waals surface area contributed by atoms with Crippen molar-refractivity contribution in [2.75, 3.05) is 19.7 Å². The number of nitrogens with zero attached hydrogens (tertiary/aromatic N) is 4. The zero-order chi connectivity index (χ0) is 14.9. The van der Waals surface area contributed by atoms with Crippen molar-refractivity contribution < 1.29 is 14.3 Å². The fourth-order valence-corrected chi connectivity index (χ4v) is 2.80. The van der Waals surface area contributed by atoms with Gasteiger partial charge in [-0.05, 0) is 12.1 Å². The smallest absolute Gasteiger partial charge is 0.267 e. The number of amides is 1. The van der Waals surface area contributed by atoms with Crippen LogP contribution in [0.1, 0.15) is 0 Å².